The predicted molar refractivity (Wildman–Crippen MR) is 213 cm³/mol. The first kappa shape index (κ1) is 38.6. The van der Waals surface area contributed by atoms with E-state index in [0.717, 1.165) is 0 Å². The fraction of sp³-hybridized carbons (Fsp3) is 0.182. The van der Waals surface area contributed by atoms with Crippen molar-refractivity contribution in [3.8, 4) is 22.6 Å². The van der Waals surface area contributed by atoms with Crippen LogP contribution in [-0.4, -0.2) is 54.1 Å². The Hall–Kier alpha value is -7.08. The van der Waals surface area contributed by atoms with Crippen LogP contribution in [0.1, 0.15) is 81.8 Å². The highest BCUT2D eigenvalue weighted by Crippen LogP contribution is 2.53. The van der Waals surface area contributed by atoms with Gasteiger partial charge in [-0.3, -0.25) is 9.59 Å². The Kier molecular flexibility index (Phi) is 10.1. The van der Waals surface area contributed by atoms with Gasteiger partial charge >= 0.3 is 11.9 Å². The zero-order valence-corrected chi connectivity index (χ0v) is 31.4. The molecule has 12 nitrogen and oxygen atoms in total. The number of carboxylic acids is 2. The number of carboxylic acid groups (broad SMARTS) is 2. The van der Waals surface area contributed by atoms with Gasteiger partial charge in [0.05, 0.1) is 22.3 Å². The van der Waals surface area contributed by atoms with Crippen LogP contribution in [0.15, 0.2) is 84.6 Å². The smallest absolute Gasteiger partial charge is 0.335 e. The molecule has 0 spiro atoms. The maximum Gasteiger partial charge on any atom is 0.335 e. The van der Waals surface area contributed by atoms with Gasteiger partial charge in [-0.1, -0.05) is 39.8 Å². The number of hydrogen-bond donors (Lipinski definition) is 8. The summed E-state index contributed by atoms with van der Waals surface area (Å²) in [6.45, 7) is 10.6. The van der Waals surface area contributed by atoms with Gasteiger partial charge in [0.2, 0.25) is 11.6 Å². The molecule has 56 heavy (non-hydrogen) atoms. The Labute approximate surface area is 322 Å². The first-order valence-electron chi connectivity index (χ1n) is 17.7. The van der Waals surface area contributed by atoms with Crippen LogP contribution in [0.4, 0.5) is 11.4 Å². The summed E-state index contributed by atoms with van der Waals surface area (Å²) in [5.74, 6) is -6.20. The average molecular weight is 757 g/mol. The molecule has 0 heterocycles. The van der Waals surface area contributed by atoms with Crippen LogP contribution in [-0.2, 0) is 9.59 Å². The summed E-state index contributed by atoms with van der Waals surface area (Å²) >= 11 is 0. The lowest BCUT2D eigenvalue weighted by Crippen LogP contribution is -2.20. The molecule has 0 saturated carbocycles. The highest BCUT2D eigenvalue weighted by Gasteiger charge is 2.38. The molecule has 0 fully saturated rings. The summed E-state index contributed by atoms with van der Waals surface area (Å²) in [6.07, 6.45) is 2.64. The number of fused-ring (bicyclic) bond motifs is 2. The maximum absolute atomic E-state index is 13.9. The third-order valence-corrected chi connectivity index (χ3v) is 9.98. The standard InChI is InChI=1S/C44H40N2O10/c1-19(2)31-27-15-21(5)33(39(49)35(27)29(37(47)41(31)51)17-45-25-11-7-23(8-12-25)43(53)54)34-22(6)16-28-32(20(3)4)42(52)38(48)30(36(28)40(34)50)18-46-26-13-9-24(10-14-26)44(55)56/h7-20,45-46,49-52H,1-6H3,(H,53,54)(H,55,56)/b29-17-,30-18-. The van der Waals surface area contributed by atoms with Gasteiger partial charge in [-0.05, 0) is 96.5 Å². The van der Waals surface area contributed by atoms with E-state index in [0.29, 0.717) is 44.8 Å². The topological polar surface area (TPSA) is 214 Å². The lowest BCUT2D eigenvalue weighted by atomic mass is 9.75. The Morgan fingerprint density at radius 2 is 0.875 bits per heavy atom. The van der Waals surface area contributed by atoms with E-state index in [-0.39, 0.29) is 67.9 Å². The van der Waals surface area contributed by atoms with Crippen molar-refractivity contribution in [1.82, 2.24) is 0 Å². The molecule has 4 aromatic rings. The van der Waals surface area contributed by atoms with E-state index in [4.69, 9.17) is 0 Å². The molecule has 0 radical (unpaired) electrons. The molecule has 286 valence electrons. The number of allylic oxidation sites excluding steroid dienone is 4. The van der Waals surface area contributed by atoms with E-state index in [2.05, 4.69) is 10.6 Å². The van der Waals surface area contributed by atoms with Crippen LogP contribution in [0.25, 0.3) is 33.4 Å². The second kappa shape index (κ2) is 14.6. The minimum Gasteiger partial charge on any atom is -0.507 e. The molecule has 0 amide bonds. The molecular weight excluding hydrogens is 716 g/mol. The summed E-state index contributed by atoms with van der Waals surface area (Å²) < 4.78 is 0. The normalized spacial score (nSPS) is 15.5. The van der Waals surface area contributed by atoms with Gasteiger partial charge in [0.15, 0.2) is 11.5 Å². The second-order valence-corrected chi connectivity index (χ2v) is 14.3. The number of ketones is 2. The molecule has 0 atom stereocenters. The number of nitrogens with one attached hydrogen (secondary N) is 2. The van der Waals surface area contributed by atoms with Crippen LogP contribution < -0.4 is 10.6 Å². The predicted octanol–water partition coefficient (Wildman–Crippen LogP) is 8.70. The highest BCUT2D eigenvalue weighted by atomic mass is 16.4. The van der Waals surface area contributed by atoms with Gasteiger partial charge < -0.3 is 41.3 Å². The Morgan fingerprint density at radius 3 is 1.16 bits per heavy atom. The van der Waals surface area contributed by atoms with E-state index >= 15 is 0 Å². The summed E-state index contributed by atoms with van der Waals surface area (Å²) in [5, 5.41) is 71.6. The third kappa shape index (κ3) is 6.55. The maximum atomic E-state index is 13.9. The number of phenolic OH excluding ortho intramolecular Hbond substituents is 2. The number of Topliss-reactive ketones (excluding diaryl/α,β-unsaturated/α-hetero) is 2. The molecule has 12 heteroatoms. The van der Waals surface area contributed by atoms with Crippen LogP contribution in [0.2, 0.25) is 0 Å². The molecule has 4 aromatic carbocycles. The molecule has 8 N–H and O–H groups in total. The minimum atomic E-state index is -1.11. The molecule has 0 bridgehead atoms. The molecule has 2 aliphatic carbocycles. The first-order chi connectivity index (χ1) is 26.4. The van der Waals surface area contributed by atoms with Crippen molar-refractivity contribution < 1.29 is 49.8 Å². The van der Waals surface area contributed by atoms with Gasteiger partial charge in [-0.15, -0.1) is 0 Å². The quantitative estimate of drug-likeness (QED) is 0.0753. The molecular formula is C44H40N2O10. The van der Waals surface area contributed by atoms with Crippen molar-refractivity contribution in [2.24, 2.45) is 11.8 Å². The monoisotopic (exact) mass is 756 g/mol. The fourth-order valence-corrected chi connectivity index (χ4v) is 7.36. The molecule has 0 aliphatic heterocycles. The van der Waals surface area contributed by atoms with Crippen molar-refractivity contribution in [1.29, 1.82) is 0 Å². The van der Waals surface area contributed by atoms with Gasteiger partial charge in [-0.2, -0.15) is 0 Å². The van der Waals surface area contributed by atoms with E-state index < -0.39 is 35.0 Å². The average Bonchev–Trinajstić information content (AvgIpc) is 3.13. The van der Waals surface area contributed by atoms with Crippen molar-refractivity contribution in [2.45, 2.75) is 41.5 Å². The molecule has 2 aliphatic rings. The molecule has 0 aromatic heterocycles. The van der Waals surface area contributed by atoms with E-state index in [1.807, 2.05) is 0 Å². The number of aromatic hydroxyl groups is 2. The summed E-state index contributed by atoms with van der Waals surface area (Å²) in [4.78, 5) is 50.5. The summed E-state index contributed by atoms with van der Waals surface area (Å²) in [7, 11) is 0. The minimum absolute atomic E-state index is 0.0542. The zero-order chi connectivity index (χ0) is 40.9. The highest BCUT2D eigenvalue weighted by molar-refractivity contribution is 6.35. The third-order valence-electron chi connectivity index (χ3n) is 9.98. The van der Waals surface area contributed by atoms with E-state index in [1.165, 1.54) is 60.9 Å². The largest absolute Gasteiger partial charge is 0.507 e. The number of phenols is 2. The van der Waals surface area contributed by atoms with Gasteiger partial charge in [0, 0.05) is 57.2 Å². The van der Waals surface area contributed by atoms with Crippen molar-refractivity contribution in [2.75, 3.05) is 10.6 Å². The van der Waals surface area contributed by atoms with Crippen LogP contribution in [0, 0.1) is 25.7 Å². The van der Waals surface area contributed by atoms with Crippen molar-refractivity contribution in [3.05, 3.63) is 129 Å². The first-order valence-corrected chi connectivity index (χ1v) is 17.7. The van der Waals surface area contributed by atoms with Crippen LogP contribution >= 0.6 is 0 Å². The van der Waals surface area contributed by atoms with Gasteiger partial charge in [0.1, 0.15) is 11.5 Å². The number of aliphatic hydroxyl groups is 2. The number of hydrogen-bond acceptors (Lipinski definition) is 10. The number of anilines is 2. The van der Waals surface area contributed by atoms with Crippen molar-refractivity contribution in [3.63, 3.8) is 0 Å². The number of aliphatic hydroxyl groups excluding tert-OH is 2. The summed E-state index contributed by atoms with van der Waals surface area (Å²) in [6, 6.07) is 15.0. The lowest BCUT2D eigenvalue weighted by Gasteiger charge is -2.29. The van der Waals surface area contributed by atoms with Gasteiger partial charge in [-0.25, -0.2) is 9.59 Å². The Bertz CT molecular complexity index is 2330. The zero-order valence-electron chi connectivity index (χ0n) is 31.4. The number of aryl methyl sites for hydroxylation is 2. The number of aromatic carboxylic acids is 2. The molecule has 0 unspecified atom stereocenters. The second-order valence-electron chi connectivity index (χ2n) is 14.3. The SMILES string of the molecule is Cc1cc2c(c(O)c1-c1c(C)cc3c(c1O)/C(=C/Nc1ccc(C(=O)O)cc1)C(=O)C(O)=C3C(C)C)/C(=C/Nc1ccc(C(=O)O)cc1)C(=O)C(O)=C2C(C)C. The Balaban J connectivity index is 1.58. The van der Waals surface area contributed by atoms with E-state index in [1.54, 1.807) is 53.7 Å². The fourth-order valence-electron chi connectivity index (χ4n) is 7.36. The van der Waals surface area contributed by atoms with Crippen LogP contribution in [0.5, 0.6) is 11.5 Å². The number of benzene rings is 4. The van der Waals surface area contributed by atoms with Crippen molar-refractivity contribution >= 4 is 57.2 Å². The molecule has 0 saturated heterocycles. The van der Waals surface area contributed by atoms with E-state index in [9.17, 15) is 49.8 Å². The van der Waals surface area contributed by atoms with Crippen LogP contribution in [0.3, 0.4) is 0 Å². The Morgan fingerprint density at radius 1 is 0.554 bits per heavy atom. The summed E-state index contributed by atoms with van der Waals surface area (Å²) in [5.41, 5.74) is 3.61. The molecule has 6 rings (SSSR count). The van der Waals surface area contributed by atoms with Gasteiger partial charge in [0.25, 0.3) is 0 Å². The number of carbonyl (C=O) groups is 4. The number of rotatable bonds is 9. The lowest BCUT2D eigenvalue weighted by molar-refractivity contribution is -0.113. The number of carbonyl (C=O) groups excluding carboxylic acids is 2.